The van der Waals surface area contributed by atoms with E-state index in [0.717, 1.165) is 5.56 Å². The van der Waals surface area contributed by atoms with Gasteiger partial charge in [-0.1, -0.05) is 26.8 Å². The zero-order valence-corrected chi connectivity index (χ0v) is 11.3. The van der Waals surface area contributed by atoms with Crippen molar-refractivity contribution in [2.24, 2.45) is 0 Å². The highest BCUT2D eigenvalue weighted by Gasteiger charge is 2.21. The Kier molecular flexibility index (Phi) is 3.55. The third kappa shape index (κ3) is 2.89. The topological polar surface area (TPSA) is 43.4 Å². The number of halogens is 1. The molecule has 0 N–H and O–H groups in total. The first-order chi connectivity index (χ1) is 7.16. The van der Waals surface area contributed by atoms with Crippen molar-refractivity contribution in [3.05, 3.63) is 23.8 Å². The maximum atomic E-state index is 11.4. The van der Waals surface area contributed by atoms with Gasteiger partial charge in [0.15, 0.2) is 0 Å². The minimum Gasteiger partial charge on any atom is -0.495 e. The van der Waals surface area contributed by atoms with Gasteiger partial charge in [0.05, 0.1) is 7.11 Å². The fourth-order valence-corrected chi connectivity index (χ4v) is 2.35. The zero-order chi connectivity index (χ0) is 12.6. The summed E-state index contributed by atoms with van der Waals surface area (Å²) < 4.78 is 27.7. The Morgan fingerprint density at radius 3 is 2.19 bits per heavy atom. The average Bonchev–Trinajstić information content (AvgIpc) is 2.14. The van der Waals surface area contributed by atoms with Crippen LogP contribution in [0.4, 0.5) is 0 Å². The lowest BCUT2D eigenvalue weighted by atomic mass is 9.87. The molecule has 90 valence electrons. The quantitative estimate of drug-likeness (QED) is 0.770. The van der Waals surface area contributed by atoms with Crippen LogP contribution in [0.5, 0.6) is 5.75 Å². The predicted octanol–water partition coefficient (Wildman–Crippen LogP) is 2.92. The largest absolute Gasteiger partial charge is 0.495 e. The standard InChI is InChI=1S/C11H15ClO3S/c1-11(2,3)8-5-6-9(15-4)10(7-8)16(12,13)14/h5-7H,1-4H3. The molecule has 0 saturated heterocycles. The summed E-state index contributed by atoms with van der Waals surface area (Å²) in [5.74, 6) is 0.267. The van der Waals surface area contributed by atoms with Gasteiger partial charge < -0.3 is 4.74 Å². The Hall–Kier alpha value is -0.740. The van der Waals surface area contributed by atoms with E-state index in [1.54, 1.807) is 12.1 Å². The van der Waals surface area contributed by atoms with Crippen molar-refractivity contribution in [1.29, 1.82) is 0 Å². The molecule has 0 radical (unpaired) electrons. The van der Waals surface area contributed by atoms with Crippen LogP contribution in [-0.2, 0) is 14.5 Å². The predicted molar refractivity (Wildman–Crippen MR) is 64.7 cm³/mol. The molecule has 1 aromatic carbocycles. The number of rotatable bonds is 2. The Labute approximate surface area is 101 Å². The van der Waals surface area contributed by atoms with Crippen LogP contribution in [0, 0.1) is 0 Å². The van der Waals surface area contributed by atoms with Gasteiger partial charge in [-0.2, -0.15) is 0 Å². The van der Waals surface area contributed by atoms with Crippen molar-refractivity contribution in [1.82, 2.24) is 0 Å². The second-order valence-electron chi connectivity index (χ2n) is 4.55. The lowest BCUT2D eigenvalue weighted by Gasteiger charge is -2.20. The second kappa shape index (κ2) is 4.26. The second-order valence-corrected chi connectivity index (χ2v) is 7.09. The van der Waals surface area contributed by atoms with E-state index in [2.05, 4.69) is 0 Å². The number of methoxy groups -OCH3 is 1. The Balaban J connectivity index is 3.46. The van der Waals surface area contributed by atoms with Gasteiger partial charge in [-0.3, -0.25) is 0 Å². The van der Waals surface area contributed by atoms with E-state index < -0.39 is 9.05 Å². The van der Waals surface area contributed by atoms with Crippen LogP contribution in [-0.4, -0.2) is 15.5 Å². The van der Waals surface area contributed by atoms with Crippen molar-refractivity contribution in [3.63, 3.8) is 0 Å². The van der Waals surface area contributed by atoms with Gasteiger partial charge in [0.25, 0.3) is 9.05 Å². The summed E-state index contributed by atoms with van der Waals surface area (Å²) in [5.41, 5.74) is 0.760. The van der Waals surface area contributed by atoms with Crippen molar-refractivity contribution in [3.8, 4) is 5.75 Å². The Morgan fingerprint density at radius 2 is 1.81 bits per heavy atom. The molecule has 1 rings (SSSR count). The Morgan fingerprint density at radius 1 is 1.25 bits per heavy atom. The van der Waals surface area contributed by atoms with E-state index in [1.807, 2.05) is 26.8 Å². The molecule has 0 heterocycles. The molecule has 0 aliphatic carbocycles. The highest BCUT2D eigenvalue weighted by molar-refractivity contribution is 8.13. The van der Waals surface area contributed by atoms with Gasteiger partial charge in [0.1, 0.15) is 10.6 Å². The molecule has 0 aliphatic rings. The highest BCUT2D eigenvalue weighted by Crippen LogP contribution is 2.32. The number of ether oxygens (including phenoxy) is 1. The molecule has 0 fully saturated rings. The van der Waals surface area contributed by atoms with Gasteiger partial charge >= 0.3 is 0 Å². The fraction of sp³-hybridized carbons (Fsp3) is 0.455. The van der Waals surface area contributed by atoms with Crippen molar-refractivity contribution in [2.75, 3.05) is 7.11 Å². The first-order valence-corrected chi connectivity index (χ1v) is 7.10. The third-order valence-corrected chi connectivity index (χ3v) is 3.64. The third-order valence-electron chi connectivity index (χ3n) is 2.29. The summed E-state index contributed by atoms with van der Waals surface area (Å²) in [7, 11) is 2.99. The normalized spacial score (nSPS) is 12.6. The van der Waals surface area contributed by atoms with Crippen LogP contribution in [0.1, 0.15) is 26.3 Å². The van der Waals surface area contributed by atoms with Gasteiger partial charge in [-0.05, 0) is 23.1 Å². The van der Waals surface area contributed by atoms with Crippen LogP contribution < -0.4 is 4.74 Å². The molecule has 5 heteroatoms. The molecule has 3 nitrogen and oxygen atoms in total. The van der Waals surface area contributed by atoms with Crippen LogP contribution >= 0.6 is 10.7 Å². The summed E-state index contributed by atoms with van der Waals surface area (Å²) in [5, 5.41) is 0. The van der Waals surface area contributed by atoms with Gasteiger partial charge in [-0.15, -0.1) is 0 Å². The first kappa shape index (κ1) is 13.3. The summed E-state index contributed by atoms with van der Waals surface area (Å²) in [4.78, 5) is 0.0177. The van der Waals surface area contributed by atoms with E-state index in [1.165, 1.54) is 7.11 Å². The number of benzene rings is 1. The van der Waals surface area contributed by atoms with Gasteiger partial charge in [-0.25, -0.2) is 8.42 Å². The lowest BCUT2D eigenvalue weighted by molar-refractivity contribution is 0.402. The monoisotopic (exact) mass is 262 g/mol. The van der Waals surface area contributed by atoms with E-state index >= 15 is 0 Å². The SMILES string of the molecule is COc1ccc(C(C)(C)C)cc1S(=O)(=O)Cl. The molecule has 0 aromatic heterocycles. The first-order valence-electron chi connectivity index (χ1n) is 4.79. The van der Waals surface area contributed by atoms with E-state index in [9.17, 15) is 8.42 Å². The molecule has 0 aliphatic heterocycles. The number of hydrogen-bond donors (Lipinski definition) is 0. The molecule has 0 amide bonds. The molecule has 0 unspecified atom stereocenters. The van der Waals surface area contributed by atoms with Gasteiger partial charge in [0, 0.05) is 10.7 Å². The summed E-state index contributed by atoms with van der Waals surface area (Å²) in [6.45, 7) is 6.00. The Bertz CT molecular complexity index is 486. The molecule has 0 atom stereocenters. The van der Waals surface area contributed by atoms with Crippen molar-refractivity contribution >= 4 is 19.7 Å². The molecule has 1 aromatic rings. The molecule has 16 heavy (non-hydrogen) atoms. The summed E-state index contributed by atoms with van der Waals surface area (Å²) in [6.07, 6.45) is 0. The van der Waals surface area contributed by atoms with E-state index in [-0.39, 0.29) is 16.1 Å². The lowest BCUT2D eigenvalue weighted by Crippen LogP contribution is -2.12. The maximum Gasteiger partial charge on any atom is 0.264 e. The minimum atomic E-state index is -3.78. The molecule has 0 saturated carbocycles. The minimum absolute atomic E-state index is 0.0177. The van der Waals surface area contributed by atoms with Gasteiger partial charge in [0.2, 0.25) is 0 Å². The molecule has 0 spiro atoms. The molecular weight excluding hydrogens is 248 g/mol. The number of hydrogen-bond acceptors (Lipinski definition) is 3. The smallest absolute Gasteiger partial charge is 0.264 e. The molecule has 0 bridgehead atoms. The highest BCUT2D eigenvalue weighted by atomic mass is 35.7. The van der Waals surface area contributed by atoms with E-state index in [0.29, 0.717) is 0 Å². The van der Waals surface area contributed by atoms with Crippen molar-refractivity contribution < 1.29 is 13.2 Å². The van der Waals surface area contributed by atoms with Crippen molar-refractivity contribution in [2.45, 2.75) is 31.1 Å². The van der Waals surface area contributed by atoms with Crippen LogP contribution in [0.2, 0.25) is 0 Å². The van der Waals surface area contributed by atoms with Crippen LogP contribution in [0.3, 0.4) is 0 Å². The maximum absolute atomic E-state index is 11.4. The summed E-state index contributed by atoms with van der Waals surface area (Å²) in [6, 6.07) is 5.02. The fourth-order valence-electron chi connectivity index (χ4n) is 1.33. The van der Waals surface area contributed by atoms with E-state index in [4.69, 9.17) is 15.4 Å². The van der Waals surface area contributed by atoms with Crippen LogP contribution in [0.25, 0.3) is 0 Å². The molecular formula is C11H15ClO3S. The zero-order valence-electron chi connectivity index (χ0n) is 9.74. The average molecular weight is 263 g/mol. The summed E-state index contributed by atoms with van der Waals surface area (Å²) >= 11 is 0. The van der Waals surface area contributed by atoms with Crippen LogP contribution in [0.15, 0.2) is 23.1 Å².